The summed E-state index contributed by atoms with van der Waals surface area (Å²) in [5, 5.41) is 4.15. The summed E-state index contributed by atoms with van der Waals surface area (Å²) in [4.78, 5) is 0. The third-order valence-electron chi connectivity index (χ3n) is 2.01. The van der Waals surface area contributed by atoms with E-state index in [4.69, 9.17) is 0 Å². The summed E-state index contributed by atoms with van der Waals surface area (Å²) >= 11 is 3.34. The van der Waals surface area contributed by atoms with Crippen molar-refractivity contribution in [1.29, 1.82) is 0 Å². The molecule has 0 bridgehead atoms. The van der Waals surface area contributed by atoms with E-state index in [1.807, 2.05) is 13.8 Å². The number of hydrogen-bond donors (Lipinski definition) is 0. The van der Waals surface area contributed by atoms with E-state index in [0.717, 1.165) is 15.9 Å². The fourth-order valence-corrected chi connectivity index (χ4v) is 1.52. The molecule has 0 radical (unpaired) electrons. The van der Waals surface area contributed by atoms with E-state index < -0.39 is 12.8 Å². The summed E-state index contributed by atoms with van der Waals surface area (Å²) < 4.78 is 42.3. The normalized spacial score (nSPS) is 12.1. The standard InChI is InChI=1S/C9H12BrF3N2O/c1-6-8(10)7(2)15(14-6)3-4-16-5-9(11,12)13/h3-5H2,1-2H3. The summed E-state index contributed by atoms with van der Waals surface area (Å²) in [6, 6.07) is 0. The Labute approximate surface area is 99.7 Å². The van der Waals surface area contributed by atoms with E-state index in [9.17, 15) is 13.2 Å². The van der Waals surface area contributed by atoms with E-state index >= 15 is 0 Å². The number of hydrogen-bond acceptors (Lipinski definition) is 2. The van der Waals surface area contributed by atoms with Gasteiger partial charge in [-0.3, -0.25) is 4.68 Å². The molecular formula is C9H12BrF3N2O. The SMILES string of the molecule is Cc1nn(CCOCC(F)(F)F)c(C)c1Br. The van der Waals surface area contributed by atoms with Gasteiger partial charge in [0.2, 0.25) is 0 Å². The van der Waals surface area contributed by atoms with Crippen molar-refractivity contribution in [2.45, 2.75) is 26.6 Å². The van der Waals surface area contributed by atoms with Crippen LogP contribution in [0.25, 0.3) is 0 Å². The molecule has 1 rings (SSSR count). The highest BCUT2D eigenvalue weighted by Gasteiger charge is 2.27. The van der Waals surface area contributed by atoms with Gasteiger partial charge in [-0.25, -0.2) is 0 Å². The van der Waals surface area contributed by atoms with Crippen molar-refractivity contribution in [2.24, 2.45) is 0 Å². The molecule has 1 aromatic heterocycles. The van der Waals surface area contributed by atoms with Gasteiger partial charge in [0.05, 0.1) is 23.3 Å². The average Bonchev–Trinajstić information content (AvgIpc) is 2.40. The van der Waals surface area contributed by atoms with Gasteiger partial charge in [0, 0.05) is 5.69 Å². The predicted molar refractivity (Wildman–Crippen MR) is 56.3 cm³/mol. The van der Waals surface area contributed by atoms with Crippen LogP contribution in [0, 0.1) is 13.8 Å². The van der Waals surface area contributed by atoms with Crippen LogP contribution in [0.4, 0.5) is 13.2 Å². The zero-order chi connectivity index (χ0) is 12.3. The Morgan fingerprint density at radius 1 is 1.38 bits per heavy atom. The van der Waals surface area contributed by atoms with E-state index in [2.05, 4.69) is 25.8 Å². The Hall–Kier alpha value is -0.560. The molecule has 0 aliphatic rings. The fraction of sp³-hybridized carbons (Fsp3) is 0.667. The summed E-state index contributed by atoms with van der Waals surface area (Å²) in [7, 11) is 0. The number of rotatable bonds is 4. The number of aromatic nitrogens is 2. The summed E-state index contributed by atoms with van der Waals surface area (Å²) in [6.45, 7) is 2.76. The Kier molecular flexibility index (Phi) is 4.37. The van der Waals surface area contributed by atoms with Crippen LogP contribution in [0.2, 0.25) is 0 Å². The van der Waals surface area contributed by atoms with Crippen molar-refractivity contribution in [2.75, 3.05) is 13.2 Å². The molecule has 1 heterocycles. The molecule has 92 valence electrons. The minimum Gasteiger partial charge on any atom is -0.370 e. The Bertz CT molecular complexity index is 362. The van der Waals surface area contributed by atoms with Gasteiger partial charge in [-0.15, -0.1) is 0 Å². The number of alkyl halides is 3. The zero-order valence-electron chi connectivity index (χ0n) is 8.94. The summed E-state index contributed by atoms with van der Waals surface area (Å²) in [5.74, 6) is 0. The Morgan fingerprint density at radius 3 is 2.44 bits per heavy atom. The molecule has 0 atom stereocenters. The monoisotopic (exact) mass is 300 g/mol. The first-order valence-electron chi connectivity index (χ1n) is 4.65. The first kappa shape index (κ1) is 13.5. The highest BCUT2D eigenvalue weighted by Crippen LogP contribution is 2.19. The molecule has 3 nitrogen and oxygen atoms in total. The quantitative estimate of drug-likeness (QED) is 0.800. The molecule has 0 amide bonds. The predicted octanol–water partition coefficient (Wildman–Crippen LogP) is 2.84. The van der Waals surface area contributed by atoms with Crippen molar-refractivity contribution in [3.63, 3.8) is 0 Å². The maximum Gasteiger partial charge on any atom is 0.411 e. The largest absolute Gasteiger partial charge is 0.411 e. The topological polar surface area (TPSA) is 27.1 Å². The van der Waals surface area contributed by atoms with E-state index in [1.54, 1.807) is 4.68 Å². The molecule has 0 saturated carbocycles. The van der Waals surface area contributed by atoms with Crippen molar-refractivity contribution in [1.82, 2.24) is 9.78 Å². The van der Waals surface area contributed by atoms with Gasteiger partial charge in [0.1, 0.15) is 6.61 Å². The number of halogens is 4. The zero-order valence-corrected chi connectivity index (χ0v) is 10.5. The van der Waals surface area contributed by atoms with Crippen molar-refractivity contribution < 1.29 is 17.9 Å². The van der Waals surface area contributed by atoms with Gasteiger partial charge < -0.3 is 4.74 Å². The molecule has 1 aromatic rings. The minimum atomic E-state index is -4.27. The first-order valence-corrected chi connectivity index (χ1v) is 5.44. The maximum atomic E-state index is 11.8. The molecule has 7 heteroatoms. The van der Waals surface area contributed by atoms with E-state index in [1.165, 1.54) is 0 Å². The molecule has 16 heavy (non-hydrogen) atoms. The summed E-state index contributed by atoms with van der Waals surface area (Å²) in [5.41, 5.74) is 1.70. The number of ether oxygens (including phenoxy) is 1. The average molecular weight is 301 g/mol. The lowest BCUT2D eigenvalue weighted by Crippen LogP contribution is -2.19. The van der Waals surface area contributed by atoms with Gasteiger partial charge in [0.15, 0.2) is 0 Å². The minimum absolute atomic E-state index is 0.00604. The van der Waals surface area contributed by atoms with Crippen LogP contribution in [-0.2, 0) is 11.3 Å². The van der Waals surface area contributed by atoms with Crippen molar-refractivity contribution >= 4 is 15.9 Å². The van der Waals surface area contributed by atoms with Crippen LogP contribution >= 0.6 is 15.9 Å². The second-order valence-electron chi connectivity index (χ2n) is 3.38. The smallest absolute Gasteiger partial charge is 0.370 e. The number of nitrogens with zero attached hydrogens (tertiary/aromatic N) is 2. The van der Waals surface area contributed by atoms with Crippen LogP contribution in [-0.4, -0.2) is 29.2 Å². The highest BCUT2D eigenvalue weighted by molar-refractivity contribution is 9.10. The molecule has 0 unspecified atom stereocenters. The van der Waals surface area contributed by atoms with Crippen molar-refractivity contribution in [3.05, 3.63) is 15.9 Å². The van der Waals surface area contributed by atoms with Gasteiger partial charge in [-0.05, 0) is 29.8 Å². The molecule has 0 saturated heterocycles. The van der Waals surface area contributed by atoms with E-state index in [0.29, 0.717) is 6.54 Å². The molecule has 0 aliphatic heterocycles. The molecule has 0 aliphatic carbocycles. The van der Waals surface area contributed by atoms with Crippen molar-refractivity contribution in [3.8, 4) is 0 Å². The van der Waals surface area contributed by atoms with Gasteiger partial charge >= 0.3 is 6.18 Å². The third-order valence-corrected chi connectivity index (χ3v) is 3.15. The van der Waals surface area contributed by atoms with Gasteiger partial charge in [-0.1, -0.05) is 0 Å². The van der Waals surface area contributed by atoms with Gasteiger partial charge in [-0.2, -0.15) is 18.3 Å². The lowest BCUT2D eigenvalue weighted by Gasteiger charge is -2.08. The molecule has 0 spiro atoms. The van der Waals surface area contributed by atoms with Gasteiger partial charge in [0.25, 0.3) is 0 Å². The Morgan fingerprint density at radius 2 is 2.00 bits per heavy atom. The van der Waals surface area contributed by atoms with Crippen LogP contribution in [0.5, 0.6) is 0 Å². The maximum absolute atomic E-state index is 11.8. The molecular weight excluding hydrogens is 289 g/mol. The second-order valence-corrected chi connectivity index (χ2v) is 4.17. The highest BCUT2D eigenvalue weighted by atomic mass is 79.9. The second kappa shape index (κ2) is 5.18. The lowest BCUT2D eigenvalue weighted by molar-refractivity contribution is -0.174. The summed E-state index contributed by atoms with van der Waals surface area (Å²) in [6.07, 6.45) is -4.27. The molecule has 0 N–H and O–H groups in total. The van der Waals surface area contributed by atoms with E-state index in [-0.39, 0.29) is 6.61 Å². The van der Waals surface area contributed by atoms with Crippen LogP contribution in [0.1, 0.15) is 11.4 Å². The fourth-order valence-electron chi connectivity index (χ4n) is 1.23. The lowest BCUT2D eigenvalue weighted by atomic mass is 10.4. The third kappa shape index (κ3) is 3.79. The molecule has 0 aromatic carbocycles. The van der Waals surface area contributed by atoms with Crippen LogP contribution in [0.15, 0.2) is 4.47 Å². The number of aryl methyl sites for hydroxylation is 1. The Balaban J connectivity index is 2.41. The first-order chi connectivity index (χ1) is 7.31. The van der Waals surface area contributed by atoms with Crippen LogP contribution in [0.3, 0.4) is 0 Å². The molecule has 0 fully saturated rings. The van der Waals surface area contributed by atoms with Crippen LogP contribution < -0.4 is 0 Å².